The van der Waals surface area contributed by atoms with E-state index in [1.54, 1.807) is 13.8 Å². The molecule has 4 nitrogen and oxygen atoms in total. The zero-order chi connectivity index (χ0) is 28.6. The lowest BCUT2D eigenvalue weighted by Gasteiger charge is -2.37. The van der Waals surface area contributed by atoms with Crippen LogP contribution in [0.4, 0.5) is 17.1 Å². The van der Waals surface area contributed by atoms with Crippen molar-refractivity contribution in [2.24, 2.45) is 0 Å². The minimum absolute atomic E-state index is 0.326. The summed E-state index contributed by atoms with van der Waals surface area (Å²) in [5.41, 5.74) is 6.28. The molecule has 41 heavy (non-hydrogen) atoms. The molecule has 1 heterocycles. The van der Waals surface area contributed by atoms with Gasteiger partial charge in [-0.3, -0.25) is 0 Å². The number of fused-ring (bicyclic) bond motifs is 3. The molecular weight excluding hydrogens is 505 g/mol. The minimum Gasteiger partial charge on any atom is -0.456 e. The average molecular weight is 539 g/mol. The maximum atomic E-state index is 10.7. The number of anilines is 3. The van der Waals surface area contributed by atoms with Crippen LogP contribution in [0.5, 0.6) is 0 Å². The standard InChI is InChI=1S/C36H34BNO3/c1-35(2,39)36(3,4)41-37-27-23-31(34-30-17-11-12-18-32(30)40-33(34)24-27)38(28-15-9-6-10-16-28)29-21-19-26(20-22-29)25-13-7-5-8-14-25/h5-24,37,39H,1-4H3. The first-order chi connectivity index (χ1) is 19.7. The molecule has 0 atom stereocenters. The molecule has 0 aliphatic heterocycles. The predicted molar refractivity (Wildman–Crippen MR) is 172 cm³/mol. The Labute approximate surface area is 242 Å². The van der Waals surface area contributed by atoms with Crippen molar-refractivity contribution in [2.75, 3.05) is 4.90 Å². The summed E-state index contributed by atoms with van der Waals surface area (Å²) in [6.45, 7) is 7.38. The number of para-hydroxylation sites is 2. The van der Waals surface area contributed by atoms with Crippen molar-refractivity contribution in [3.63, 3.8) is 0 Å². The van der Waals surface area contributed by atoms with E-state index in [9.17, 15) is 5.11 Å². The van der Waals surface area contributed by atoms with Crippen LogP contribution < -0.4 is 10.4 Å². The molecule has 0 spiro atoms. The third-order valence-corrected chi connectivity index (χ3v) is 8.08. The monoisotopic (exact) mass is 539 g/mol. The molecule has 6 aromatic rings. The largest absolute Gasteiger partial charge is 0.456 e. The van der Waals surface area contributed by atoms with Gasteiger partial charge in [-0.05, 0) is 86.7 Å². The van der Waals surface area contributed by atoms with Crippen molar-refractivity contribution in [3.05, 3.63) is 121 Å². The molecule has 0 amide bonds. The first-order valence-electron chi connectivity index (χ1n) is 14.0. The van der Waals surface area contributed by atoms with E-state index in [2.05, 4.69) is 95.9 Å². The summed E-state index contributed by atoms with van der Waals surface area (Å²) in [5.74, 6) is 0. The van der Waals surface area contributed by atoms with Gasteiger partial charge >= 0.3 is 7.48 Å². The quantitative estimate of drug-likeness (QED) is 0.198. The summed E-state index contributed by atoms with van der Waals surface area (Å²) >= 11 is 0. The van der Waals surface area contributed by atoms with Gasteiger partial charge in [0, 0.05) is 16.8 Å². The lowest BCUT2D eigenvalue weighted by Crippen LogP contribution is -2.49. The Hall–Kier alpha value is -4.32. The maximum absolute atomic E-state index is 10.7. The fourth-order valence-electron chi connectivity index (χ4n) is 5.03. The van der Waals surface area contributed by atoms with Gasteiger partial charge in [-0.1, -0.05) is 78.9 Å². The number of aliphatic hydroxyl groups is 1. The third-order valence-electron chi connectivity index (χ3n) is 8.08. The molecule has 0 radical (unpaired) electrons. The van der Waals surface area contributed by atoms with Gasteiger partial charge in [0.25, 0.3) is 0 Å². The summed E-state index contributed by atoms with van der Waals surface area (Å²) in [4.78, 5) is 2.28. The Morgan fingerprint density at radius 2 is 1.24 bits per heavy atom. The summed E-state index contributed by atoms with van der Waals surface area (Å²) < 4.78 is 12.7. The van der Waals surface area contributed by atoms with E-state index >= 15 is 0 Å². The molecule has 0 fully saturated rings. The minimum atomic E-state index is -1.00. The first kappa shape index (κ1) is 26.9. The second-order valence-corrected chi connectivity index (χ2v) is 11.5. The van der Waals surface area contributed by atoms with Crippen molar-refractivity contribution < 1.29 is 14.2 Å². The molecule has 1 N–H and O–H groups in total. The Balaban J connectivity index is 1.53. The molecule has 0 unspecified atom stereocenters. The molecule has 0 bridgehead atoms. The molecule has 5 heteroatoms. The van der Waals surface area contributed by atoms with Crippen LogP contribution in [-0.2, 0) is 4.65 Å². The van der Waals surface area contributed by atoms with Crippen LogP contribution in [0, 0.1) is 0 Å². The van der Waals surface area contributed by atoms with Crippen molar-refractivity contribution in [2.45, 2.75) is 38.9 Å². The van der Waals surface area contributed by atoms with E-state index < -0.39 is 11.2 Å². The summed E-state index contributed by atoms with van der Waals surface area (Å²) in [6, 6.07) is 41.9. The molecule has 1 aromatic heterocycles. The van der Waals surface area contributed by atoms with Crippen molar-refractivity contribution in [1.29, 1.82) is 0 Å². The Bertz CT molecular complexity index is 1790. The van der Waals surface area contributed by atoms with E-state index in [0.717, 1.165) is 50.0 Å². The number of benzene rings is 5. The first-order valence-corrected chi connectivity index (χ1v) is 14.0. The van der Waals surface area contributed by atoms with Gasteiger partial charge in [0.1, 0.15) is 11.2 Å². The van der Waals surface area contributed by atoms with Crippen LogP contribution in [-0.4, -0.2) is 23.8 Å². The molecule has 0 aliphatic carbocycles. The van der Waals surface area contributed by atoms with Gasteiger partial charge in [-0.15, -0.1) is 0 Å². The summed E-state index contributed by atoms with van der Waals surface area (Å²) in [5, 5.41) is 12.8. The zero-order valence-electron chi connectivity index (χ0n) is 24.0. The molecule has 0 saturated heterocycles. The highest BCUT2D eigenvalue weighted by Gasteiger charge is 2.36. The second kappa shape index (κ2) is 10.6. The summed E-state index contributed by atoms with van der Waals surface area (Å²) in [7, 11) is 0.326. The topological polar surface area (TPSA) is 45.8 Å². The number of furan rings is 1. The number of nitrogens with zero attached hydrogens (tertiary/aromatic N) is 1. The highest BCUT2D eigenvalue weighted by Crippen LogP contribution is 2.42. The molecule has 6 rings (SSSR count). The van der Waals surface area contributed by atoms with Gasteiger partial charge < -0.3 is 19.1 Å². The fourth-order valence-corrected chi connectivity index (χ4v) is 5.03. The molecule has 0 aliphatic rings. The predicted octanol–water partition coefficient (Wildman–Crippen LogP) is 8.27. The van der Waals surface area contributed by atoms with Gasteiger partial charge in [-0.25, -0.2) is 0 Å². The smallest absolute Gasteiger partial charge is 0.309 e. The lowest BCUT2D eigenvalue weighted by molar-refractivity contribution is -0.0893. The van der Waals surface area contributed by atoms with Gasteiger partial charge in [-0.2, -0.15) is 0 Å². The normalized spacial score (nSPS) is 12.1. The van der Waals surface area contributed by atoms with Crippen LogP contribution in [0.15, 0.2) is 126 Å². The highest BCUT2D eigenvalue weighted by molar-refractivity contribution is 6.48. The maximum Gasteiger partial charge on any atom is 0.309 e. The number of rotatable bonds is 8. The van der Waals surface area contributed by atoms with Crippen molar-refractivity contribution in [1.82, 2.24) is 0 Å². The molecule has 204 valence electrons. The second-order valence-electron chi connectivity index (χ2n) is 11.5. The Kier molecular flexibility index (Phi) is 6.94. The Morgan fingerprint density at radius 3 is 1.93 bits per heavy atom. The Morgan fingerprint density at radius 1 is 0.659 bits per heavy atom. The zero-order valence-corrected chi connectivity index (χ0v) is 24.0. The average Bonchev–Trinajstić information content (AvgIpc) is 3.36. The fraction of sp³-hybridized carbons (Fsp3) is 0.167. The van der Waals surface area contributed by atoms with Gasteiger partial charge in [0.15, 0.2) is 0 Å². The van der Waals surface area contributed by atoms with E-state index in [-0.39, 0.29) is 0 Å². The van der Waals surface area contributed by atoms with Crippen LogP contribution in [0.2, 0.25) is 0 Å². The SMILES string of the molecule is CC(C)(O)C(C)(C)OBc1cc(N(c2ccccc2)c2ccc(-c3ccccc3)cc2)c2c(c1)oc1ccccc12. The highest BCUT2D eigenvalue weighted by atomic mass is 16.5. The van der Waals surface area contributed by atoms with Crippen LogP contribution >= 0.6 is 0 Å². The van der Waals surface area contributed by atoms with Gasteiger partial charge in [0.05, 0.1) is 22.3 Å². The lowest BCUT2D eigenvalue weighted by atomic mass is 9.82. The molecular formula is C36H34BNO3. The summed E-state index contributed by atoms with van der Waals surface area (Å²) in [6.07, 6.45) is 0. The van der Waals surface area contributed by atoms with E-state index in [1.807, 2.05) is 44.2 Å². The van der Waals surface area contributed by atoms with E-state index in [4.69, 9.17) is 9.07 Å². The van der Waals surface area contributed by atoms with Crippen LogP contribution in [0.3, 0.4) is 0 Å². The molecule has 0 saturated carbocycles. The number of hydrogen-bond donors (Lipinski definition) is 1. The molecule has 5 aromatic carbocycles. The third kappa shape index (κ3) is 5.27. The van der Waals surface area contributed by atoms with E-state index in [1.165, 1.54) is 5.56 Å². The van der Waals surface area contributed by atoms with E-state index in [0.29, 0.717) is 7.48 Å². The van der Waals surface area contributed by atoms with Crippen LogP contribution in [0.25, 0.3) is 33.1 Å². The van der Waals surface area contributed by atoms with Crippen molar-refractivity contribution >= 4 is 51.9 Å². The number of hydrogen-bond acceptors (Lipinski definition) is 4. The van der Waals surface area contributed by atoms with Crippen LogP contribution in [0.1, 0.15) is 27.7 Å². The van der Waals surface area contributed by atoms with Crippen molar-refractivity contribution in [3.8, 4) is 11.1 Å². The van der Waals surface area contributed by atoms with Gasteiger partial charge in [0.2, 0.25) is 0 Å².